The summed E-state index contributed by atoms with van der Waals surface area (Å²) >= 11 is 0. The maximum atomic E-state index is 9.10. The number of nitrogens with zero attached hydrogens (tertiary/aromatic N) is 4. The minimum Gasteiger partial charge on any atom is -0.497 e. The average Bonchev–Trinajstić information content (AvgIpc) is 3.39. The predicted molar refractivity (Wildman–Crippen MR) is 189 cm³/mol. The number of aromatic nitrogens is 3. The fraction of sp³-hybridized carbons (Fsp3) is 0.686. The number of carbonyl (C=O) groups is 2. The van der Waals surface area contributed by atoms with Gasteiger partial charge < -0.3 is 54.7 Å². The molecule has 6 aliphatic rings. The fourth-order valence-electron chi connectivity index (χ4n) is 7.91. The minimum absolute atomic E-state index is 0.155. The number of morpholine rings is 1. The zero-order chi connectivity index (χ0) is 37.6. The van der Waals surface area contributed by atoms with Gasteiger partial charge in [0.2, 0.25) is 23.6 Å². The van der Waals surface area contributed by atoms with Crippen molar-refractivity contribution in [1.29, 1.82) is 0 Å². The molecule has 53 heavy (non-hydrogen) atoms. The van der Waals surface area contributed by atoms with Gasteiger partial charge in [0.1, 0.15) is 5.75 Å². The van der Waals surface area contributed by atoms with Crippen LogP contribution in [-0.4, -0.2) is 121 Å². The summed E-state index contributed by atoms with van der Waals surface area (Å²) in [6.45, 7) is 11.7. The Bertz CT molecular complexity index is 1540. The van der Waals surface area contributed by atoms with E-state index < -0.39 is 29.6 Å². The van der Waals surface area contributed by atoms with Gasteiger partial charge in [-0.25, -0.2) is 19.4 Å². The topological polar surface area (TPSA) is 217 Å². The molecule has 8 atom stereocenters. The molecule has 0 unspecified atom stereocenters. The molecular weight excluding hydrogens is 694 g/mol. The number of hydrogen-bond acceptors (Lipinski definition) is 16. The van der Waals surface area contributed by atoms with Crippen LogP contribution in [0.3, 0.4) is 0 Å². The van der Waals surface area contributed by atoms with Gasteiger partial charge in [-0.15, -0.1) is 0 Å². The normalized spacial score (nSPS) is 31.7. The lowest BCUT2D eigenvalue weighted by atomic mass is 9.58. The third-order valence-electron chi connectivity index (χ3n) is 10.7. The number of ether oxygens (including phenoxy) is 5. The Kier molecular flexibility index (Phi) is 12.5. The quantitative estimate of drug-likeness (QED) is 0.120. The first-order valence-electron chi connectivity index (χ1n) is 18.2. The van der Waals surface area contributed by atoms with Crippen molar-refractivity contribution >= 4 is 35.5 Å². The van der Waals surface area contributed by atoms with Crippen LogP contribution in [0.4, 0.5) is 23.5 Å². The Hall–Kier alpha value is -3.91. The SMILES string of the molecule is COc1ccc(Nc2nc(NCCNCCO[C@H]3O[C@@H]4O[C@@]5(C)CC[C@H]6[C@H](C)CC[C@@H]([C@H]3C)[C@@]46OO5)nc(N3CCOCC3)n2)cc1.O=C(O)C(=O)O. The van der Waals surface area contributed by atoms with Crippen LogP contribution in [0, 0.1) is 23.7 Å². The molecule has 1 aromatic heterocycles. The molecule has 2 aromatic rings. The second-order valence-electron chi connectivity index (χ2n) is 14.2. The Morgan fingerprint density at radius 3 is 2.40 bits per heavy atom. The van der Waals surface area contributed by atoms with Crippen molar-refractivity contribution in [2.24, 2.45) is 23.7 Å². The van der Waals surface area contributed by atoms with E-state index in [1.165, 1.54) is 6.42 Å². The summed E-state index contributed by atoms with van der Waals surface area (Å²) in [7, 11) is 1.65. The molecule has 8 rings (SSSR count). The Balaban J connectivity index is 0.000000741. The van der Waals surface area contributed by atoms with Crippen molar-refractivity contribution in [3.63, 3.8) is 0 Å². The largest absolute Gasteiger partial charge is 0.497 e. The summed E-state index contributed by atoms with van der Waals surface area (Å²) in [5.74, 6) is -0.782. The van der Waals surface area contributed by atoms with Gasteiger partial charge in [0.25, 0.3) is 0 Å². The number of methoxy groups -OCH3 is 1. The third-order valence-corrected chi connectivity index (χ3v) is 10.7. The molecule has 18 nitrogen and oxygen atoms in total. The van der Waals surface area contributed by atoms with E-state index in [0.717, 1.165) is 43.8 Å². The molecule has 5 saturated heterocycles. The molecule has 5 N–H and O–H groups in total. The molecule has 0 amide bonds. The number of aliphatic carboxylic acids is 2. The van der Waals surface area contributed by atoms with Gasteiger partial charge in [0, 0.05) is 56.7 Å². The number of carboxylic acids is 2. The first-order valence-corrected chi connectivity index (χ1v) is 18.2. The predicted octanol–water partition coefficient (Wildman–Crippen LogP) is 2.84. The van der Waals surface area contributed by atoms with Crippen molar-refractivity contribution in [3.05, 3.63) is 24.3 Å². The van der Waals surface area contributed by atoms with Gasteiger partial charge in [-0.1, -0.05) is 13.8 Å². The fourth-order valence-corrected chi connectivity index (χ4v) is 7.91. The van der Waals surface area contributed by atoms with E-state index in [-0.39, 0.29) is 18.1 Å². The summed E-state index contributed by atoms with van der Waals surface area (Å²) in [6, 6.07) is 7.64. The number of carboxylic acid groups (broad SMARTS) is 2. The third kappa shape index (κ3) is 8.91. The summed E-state index contributed by atoms with van der Waals surface area (Å²) in [4.78, 5) is 46.5. The number of benzene rings is 1. The van der Waals surface area contributed by atoms with Crippen molar-refractivity contribution in [2.75, 3.05) is 75.2 Å². The van der Waals surface area contributed by atoms with Crippen molar-refractivity contribution in [3.8, 4) is 5.75 Å². The summed E-state index contributed by atoms with van der Waals surface area (Å²) in [5, 5.41) is 24.9. The molecular formula is C35H51N7O11. The van der Waals surface area contributed by atoms with Crippen LogP contribution < -0.4 is 25.6 Å². The molecule has 6 fully saturated rings. The number of hydrogen-bond donors (Lipinski definition) is 5. The Morgan fingerprint density at radius 1 is 0.943 bits per heavy atom. The monoisotopic (exact) mass is 745 g/mol. The molecule has 0 radical (unpaired) electrons. The van der Waals surface area contributed by atoms with E-state index in [9.17, 15) is 0 Å². The first-order chi connectivity index (χ1) is 25.5. The molecule has 1 spiro atoms. The van der Waals surface area contributed by atoms with E-state index in [4.69, 9.17) is 58.2 Å². The standard InChI is InChI=1S/C33H49N7O7.C2H2O4/c1-21-5-10-26-22(2)27(44-28-33(26)25(21)11-12-32(3,45-28)46-47-33)43-18-15-34-13-14-35-29-37-30(36-23-6-8-24(41-4)9-7-23)39-31(38-29)40-16-19-42-20-17-40;3-1(4)2(5)6/h6-9,21-22,25-28,34H,5,10-20H2,1-4H3,(H2,35,36,37,38,39);(H,3,4)(H,5,6)/t21-,22-,25+,26+,27+,28-,32-,33-;/m1./s1. The van der Waals surface area contributed by atoms with E-state index in [1.807, 2.05) is 31.2 Å². The zero-order valence-corrected chi connectivity index (χ0v) is 30.6. The van der Waals surface area contributed by atoms with Crippen LogP contribution in [0.25, 0.3) is 0 Å². The number of rotatable bonds is 12. The van der Waals surface area contributed by atoms with Gasteiger partial charge >= 0.3 is 11.9 Å². The molecule has 1 aliphatic carbocycles. The highest BCUT2D eigenvalue weighted by atomic mass is 17.3. The number of fused-ring (bicyclic) bond motifs is 2. The zero-order valence-electron chi connectivity index (χ0n) is 30.6. The van der Waals surface area contributed by atoms with E-state index >= 15 is 0 Å². The van der Waals surface area contributed by atoms with Crippen LogP contribution in [0.2, 0.25) is 0 Å². The van der Waals surface area contributed by atoms with E-state index in [1.54, 1.807) is 7.11 Å². The Labute approximate surface area is 308 Å². The van der Waals surface area contributed by atoms with Crippen LogP contribution >= 0.6 is 0 Å². The molecule has 1 aromatic carbocycles. The lowest BCUT2D eigenvalue weighted by Crippen LogP contribution is -2.70. The highest BCUT2D eigenvalue weighted by Crippen LogP contribution is 2.60. The van der Waals surface area contributed by atoms with E-state index in [2.05, 4.69) is 44.7 Å². The first kappa shape index (κ1) is 38.8. The lowest BCUT2D eigenvalue weighted by molar-refractivity contribution is -0.577. The maximum Gasteiger partial charge on any atom is 0.414 e. The summed E-state index contributed by atoms with van der Waals surface area (Å²) < 4.78 is 30.1. The van der Waals surface area contributed by atoms with Gasteiger partial charge in [-0.05, 0) is 62.3 Å². The van der Waals surface area contributed by atoms with Crippen LogP contribution in [0.5, 0.6) is 5.75 Å². The van der Waals surface area contributed by atoms with Gasteiger partial charge in [0.15, 0.2) is 18.2 Å². The molecule has 18 heteroatoms. The molecule has 292 valence electrons. The van der Waals surface area contributed by atoms with Gasteiger partial charge in [-0.3, -0.25) is 0 Å². The lowest BCUT2D eigenvalue weighted by Gasteiger charge is -2.60. The van der Waals surface area contributed by atoms with Gasteiger partial charge in [0.05, 0.1) is 26.9 Å². The second kappa shape index (κ2) is 17.0. The molecule has 2 bridgehead atoms. The van der Waals surface area contributed by atoms with Crippen molar-refractivity contribution < 1.29 is 53.3 Å². The maximum absolute atomic E-state index is 9.10. The highest BCUT2D eigenvalue weighted by molar-refractivity contribution is 6.27. The molecule has 5 aliphatic heterocycles. The summed E-state index contributed by atoms with van der Waals surface area (Å²) in [5.41, 5.74) is 0.285. The van der Waals surface area contributed by atoms with Crippen molar-refractivity contribution in [2.45, 2.75) is 70.4 Å². The van der Waals surface area contributed by atoms with Crippen LogP contribution in [-0.2, 0) is 38.3 Å². The van der Waals surface area contributed by atoms with Crippen LogP contribution in [0.1, 0.15) is 46.5 Å². The molecule has 6 heterocycles. The minimum atomic E-state index is -1.82. The average molecular weight is 746 g/mol. The van der Waals surface area contributed by atoms with Crippen LogP contribution in [0.15, 0.2) is 24.3 Å². The smallest absolute Gasteiger partial charge is 0.414 e. The van der Waals surface area contributed by atoms with Crippen molar-refractivity contribution in [1.82, 2.24) is 20.3 Å². The highest BCUT2D eigenvalue weighted by Gasteiger charge is 2.69. The van der Waals surface area contributed by atoms with E-state index in [0.29, 0.717) is 69.1 Å². The van der Waals surface area contributed by atoms with Gasteiger partial charge in [-0.2, -0.15) is 15.0 Å². The molecule has 1 saturated carbocycles. The number of anilines is 4. The summed E-state index contributed by atoms with van der Waals surface area (Å²) in [6.07, 6.45) is 3.18. The Morgan fingerprint density at radius 2 is 1.68 bits per heavy atom. The second-order valence-corrected chi connectivity index (χ2v) is 14.2. The number of nitrogens with one attached hydrogen (secondary N) is 3.